The first-order valence-electron chi connectivity index (χ1n) is 3.32. The van der Waals surface area contributed by atoms with Crippen LogP contribution >= 0.6 is 0 Å². The molecular weight excluding hydrogens is 216 g/mol. The molecule has 3 nitrogen and oxygen atoms in total. The fourth-order valence-electron chi connectivity index (χ4n) is 0.780. The lowest BCUT2D eigenvalue weighted by Crippen LogP contribution is -2.54. The molecule has 14 heavy (non-hydrogen) atoms. The summed E-state index contributed by atoms with van der Waals surface area (Å²) in [5.74, 6) is 0. The molecule has 9 heteroatoms. The van der Waals surface area contributed by atoms with Crippen molar-refractivity contribution in [3.63, 3.8) is 0 Å². The van der Waals surface area contributed by atoms with E-state index in [0.29, 0.717) is 5.01 Å². The molecule has 0 aliphatic carbocycles. The van der Waals surface area contributed by atoms with E-state index in [0.717, 1.165) is 7.05 Å². The molecule has 1 aliphatic rings. The zero-order chi connectivity index (χ0) is 11.1. The summed E-state index contributed by atoms with van der Waals surface area (Å²) in [6.07, 6.45) is -8.35. The van der Waals surface area contributed by atoms with Gasteiger partial charge in [0.15, 0.2) is 0 Å². The monoisotopic (exact) mass is 221 g/mol. The third-order valence-electron chi connectivity index (χ3n) is 1.56. The van der Waals surface area contributed by atoms with Crippen molar-refractivity contribution in [3.05, 3.63) is 0 Å². The maximum Gasteiger partial charge on any atom is 0.475 e. The van der Waals surface area contributed by atoms with Crippen molar-refractivity contribution < 1.29 is 26.3 Å². The summed E-state index contributed by atoms with van der Waals surface area (Å²) in [5.41, 5.74) is 0. The molecule has 0 fully saturated rings. The van der Waals surface area contributed by atoms with E-state index in [1.807, 2.05) is 0 Å². The van der Waals surface area contributed by atoms with E-state index in [4.69, 9.17) is 0 Å². The molecular formula is C5H5F6N3. The minimum absolute atomic E-state index is 0.109. The average molecular weight is 221 g/mol. The quantitative estimate of drug-likeness (QED) is 0.494. The average Bonchev–Trinajstić information content (AvgIpc) is 2.30. The Labute approximate surface area is 74.6 Å². The molecule has 0 radical (unpaired) electrons. The summed E-state index contributed by atoms with van der Waals surface area (Å²) in [6.45, 7) is 0. The second-order valence-corrected chi connectivity index (χ2v) is 2.56. The van der Waals surface area contributed by atoms with E-state index < -0.39 is 23.5 Å². The maximum atomic E-state index is 12.8. The van der Waals surface area contributed by atoms with E-state index >= 15 is 0 Å². The molecule has 0 saturated carbocycles. The van der Waals surface area contributed by atoms with Gasteiger partial charge in [0.25, 0.3) is 6.42 Å². The minimum Gasteiger partial charge on any atom is -0.248 e. The summed E-state index contributed by atoms with van der Waals surface area (Å²) in [6, 6.07) is -5.26. The van der Waals surface area contributed by atoms with Crippen molar-refractivity contribution in [1.82, 2.24) is 9.91 Å². The van der Waals surface area contributed by atoms with Gasteiger partial charge in [0.2, 0.25) is 0 Å². The van der Waals surface area contributed by atoms with Crippen LogP contribution in [0.3, 0.4) is 0 Å². The van der Waals surface area contributed by atoms with Crippen LogP contribution in [0, 0.1) is 0 Å². The van der Waals surface area contributed by atoms with Crippen LogP contribution in [0.2, 0.25) is 0 Å². The molecule has 0 N–H and O–H groups in total. The zero-order valence-corrected chi connectivity index (χ0v) is 6.76. The Morgan fingerprint density at radius 1 is 1.21 bits per heavy atom. The van der Waals surface area contributed by atoms with Gasteiger partial charge in [0.05, 0.1) is 0 Å². The van der Waals surface area contributed by atoms with E-state index in [-0.39, 0.29) is 6.34 Å². The van der Waals surface area contributed by atoms with Gasteiger partial charge in [-0.2, -0.15) is 31.4 Å². The van der Waals surface area contributed by atoms with E-state index in [1.165, 1.54) is 0 Å². The SMILES string of the molecule is CN1N=CN(C(F)(F)C(F)(F)F)C1F. The molecule has 1 heterocycles. The lowest BCUT2D eigenvalue weighted by atomic mass is 10.5. The molecule has 1 unspecified atom stereocenters. The summed E-state index contributed by atoms with van der Waals surface area (Å²) in [4.78, 5) is -0.799. The molecule has 1 rings (SSSR count). The van der Waals surface area contributed by atoms with Crippen LogP contribution in [-0.4, -0.2) is 41.9 Å². The number of hydrogen-bond donors (Lipinski definition) is 0. The van der Waals surface area contributed by atoms with Gasteiger partial charge in [0.1, 0.15) is 6.34 Å². The smallest absolute Gasteiger partial charge is 0.248 e. The first kappa shape index (κ1) is 10.9. The Morgan fingerprint density at radius 2 is 1.71 bits per heavy atom. The van der Waals surface area contributed by atoms with E-state index in [1.54, 1.807) is 0 Å². The molecule has 0 amide bonds. The summed E-state index contributed by atoms with van der Waals surface area (Å²) >= 11 is 0. The molecule has 0 saturated heterocycles. The van der Waals surface area contributed by atoms with E-state index in [9.17, 15) is 26.3 Å². The Kier molecular flexibility index (Phi) is 2.28. The highest BCUT2D eigenvalue weighted by Gasteiger charge is 2.64. The molecule has 0 aromatic carbocycles. The molecule has 0 aromatic rings. The molecule has 1 atom stereocenters. The van der Waals surface area contributed by atoms with E-state index in [2.05, 4.69) is 5.10 Å². The number of halogens is 6. The number of hydrazone groups is 1. The predicted molar refractivity (Wildman–Crippen MR) is 34.0 cm³/mol. The van der Waals surface area contributed by atoms with Crippen LogP contribution in [0.15, 0.2) is 5.10 Å². The number of nitrogens with zero attached hydrogens (tertiary/aromatic N) is 3. The van der Waals surface area contributed by atoms with Crippen LogP contribution < -0.4 is 0 Å². The number of hydrogen-bond acceptors (Lipinski definition) is 3. The van der Waals surface area contributed by atoms with Crippen molar-refractivity contribution >= 4 is 6.34 Å². The fourth-order valence-corrected chi connectivity index (χ4v) is 0.780. The van der Waals surface area contributed by atoms with Crippen LogP contribution in [0.25, 0.3) is 0 Å². The highest BCUT2D eigenvalue weighted by Crippen LogP contribution is 2.40. The standard InChI is InChI=1S/C5H5F6N3/c1-13-3(6)14(2-12-13)5(10,11)4(7,8)9/h2-3H,1H3. The summed E-state index contributed by atoms with van der Waals surface area (Å²) < 4.78 is 73.0. The van der Waals surface area contributed by atoms with Gasteiger partial charge in [-0.1, -0.05) is 0 Å². The Balaban J connectivity index is 2.90. The molecule has 0 aromatic heterocycles. The molecule has 82 valence electrons. The second-order valence-electron chi connectivity index (χ2n) is 2.56. The lowest BCUT2D eigenvalue weighted by Gasteiger charge is -2.30. The zero-order valence-electron chi connectivity index (χ0n) is 6.76. The van der Waals surface area contributed by atoms with Gasteiger partial charge >= 0.3 is 12.2 Å². The van der Waals surface area contributed by atoms with Gasteiger partial charge in [-0.05, 0) is 0 Å². The third kappa shape index (κ3) is 1.46. The van der Waals surface area contributed by atoms with Gasteiger partial charge in [-0.15, -0.1) is 0 Å². The third-order valence-corrected chi connectivity index (χ3v) is 1.56. The molecule has 0 bridgehead atoms. The van der Waals surface area contributed by atoms with Gasteiger partial charge in [0, 0.05) is 7.05 Å². The topological polar surface area (TPSA) is 18.8 Å². The van der Waals surface area contributed by atoms with Gasteiger partial charge in [-0.25, -0.2) is 9.91 Å². The lowest BCUT2D eigenvalue weighted by molar-refractivity contribution is -0.340. The fraction of sp³-hybridized carbons (Fsp3) is 0.800. The highest BCUT2D eigenvalue weighted by molar-refractivity contribution is 5.57. The normalized spacial score (nSPS) is 23.5. The first-order chi connectivity index (χ1) is 6.18. The van der Waals surface area contributed by atoms with Crippen LogP contribution in [0.1, 0.15) is 0 Å². The van der Waals surface area contributed by atoms with Crippen molar-refractivity contribution in [3.8, 4) is 0 Å². The largest absolute Gasteiger partial charge is 0.475 e. The summed E-state index contributed by atoms with van der Waals surface area (Å²) in [7, 11) is 0.938. The van der Waals surface area contributed by atoms with Gasteiger partial charge in [-0.3, -0.25) is 0 Å². The second kappa shape index (κ2) is 2.92. The Hall–Kier alpha value is -1.15. The van der Waals surface area contributed by atoms with Crippen molar-refractivity contribution in [2.24, 2.45) is 5.10 Å². The molecule has 0 spiro atoms. The minimum atomic E-state index is -5.84. The highest BCUT2D eigenvalue weighted by atomic mass is 19.4. The first-order valence-corrected chi connectivity index (χ1v) is 3.32. The van der Waals surface area contributed by atoms with Crippen LogP contribution in [-0.2, 0) is 0 Å². The Morgan fingerprint density at radius 3 is 2.00 bits per heavy atom. The van der Waals surface area contributed by atoms with Crippen molar-refractivity contribution in [2.45, 2.75) is 18.6 Å². The van der Waals surface area contributed by atoms with Crippen LogP contribution in [0.5, 0.6) is 0 Å². The maximum absolute atomic E-state index is 12.8. The number of alkyl halides is 6. The Bertz CT molecular complexity index is 248. The predicted octanol–water partition coefficient (Wildman–Crippen LogP) is 1.59. The van der Waals surface area contributed by atoms with Gasteiger partial charge < -0.3 is 0 Å². The van der Waals surface area contributed by atoms with Crippen molar-refractivity contribution in [2.75, 3.05) is 7.05 Å². The van der Waals surface area contributed by atoms with Crippen molar-refractivity contribution in [1.29, 1.82) is 0 Å². The molecule has 1 aliphatic heterocycles. The summed E-state index contributed by atoms with van der Waals surface area (Å²) in [5, 5.41) is 3.30. The number of rotatable bonds is 1. The van der Waals surface area contributed by atoms with Crippen LogP contribution in [0.4, 0.5) is 26.3 Å².